The molecule has 24 heavy (non-hydrogen) atoms. The lowest BCUT2D eigenvalue weighted by Gasteiger charge is -2.51. The minimum atomic E-state index is -0.315. The molecule has 0 amide bonds. The lowest BCUT2D eigenvalue weighted by molar-refractivity contribution is 0.0601. The van der Waals surface area contributed by atoms with Gasteiger partial charge in [0, 0.05) is 17.7 Å². The highest BCUT2D eigenvalue weighted by molar-refractivity contribution is 6.08. The van der Waals surface area contributed by atoms with Gasteiger partial charge in [0.1, 0.15) is 5.76 Å². The first-order valence-electron chi connectivity index (χ1n) is 8.22. The Morgan fingerprint density at radius 1 is 1.25 bits per heavy atom. The van der Waals surface area contributed by atoms with Gasteiger partial charge in [0.05, 0.1) is 25.7 Å². The average molecular weight is 325 g/mol. The second kappa shape index (κ2) is 4.42. The summed E-state index contributed by atoms with van der Waals surface area (Å²) in [7, 11) is 5.32. The number of benzene rings is 1. The number of allylic oxidation sites excluding steroid dienone is 2. The number of ether oxygens (including phenoxy) is 3. The van der Waals surface area contributed by atoms with Crippen LogP contribution in [-0.2, 0) is 10.2 Å². The van der Waals surface area contributed by atoms with Crippen molar-refractivity contribution in [1.29, 1.82) is 0 Å². The Kier molecular flexibility index (Phi) is 2.60. The molecule has 2 aliphatic carbocycles. The van der Waals surface area contributed by atoms with Crippen LogP contribution in [0.1, 0.15) is 22.3 Å². The number of ketones is 1. The zero-order chi connectivity index (χ0) is 16.6. The SMILES string of the molecule is COC1=CC=C2C3C(=O)c4ccc(OC)c5c4[C@@]2(CCN3C)[C@H]1O5. The van der Waals surface area contributed by atoms with Crippen LogP contribution in [0.2, 0.25) is 0 Å². The van der Waals surface area contributed by atoms with Gasteiger partial charge in [0.2, 0.25) is 0 Å². The quantitative estimate of drug-likeness (QED) is 0.833. The zero-order valence-electron chi connectivity index (χ0n) is 14.0. The van der Waals surface area contributed by atoms with Gasteiger partial charge in [-0.05, 0) is 37.3 Å². The van der Waals surface area contributed by atoms with Gasteiger partial charge in [-0.1, -0.05) is 6.08 Å². The van der Waals surface area contributed by atoms with Crippen LogP contribution in [0.3, 0.4) is 0 Å². The Bertz CT molecular complexity index is 840. The largest absolute Gasteiger partial charge is 0.497 e. The standard InChI is InChI=1S/C19H19NO4/c1-20-9-8-19-11-5-7-13(23-3)18(19)24-17-12(22-2)6-4-10(14(17)19)16(21)15(11)20/h4-7,15,18H,8-9H2,1-3H3/t15?,18-,19-/m0/s1. The third kappa shape index (κ3) is 1.35. The van der Waals surface area contributed by atoms with Gasteiger partial charge in [0.15, 0.2) is 23.4 Å². The van der Waals surface area contributed by atoms with E-state index in [9.17, 15) is 4.79 Å². The summed E-state index contributed by atoms with van der Waals surface area (Å²) in [4.78, 5) is 15.3. The summed E-state index contributed by atoms with van der Waals surface area (Å²) < 4.78 is 17.5. The molecule has 1 spiro atoms. The first-order valence-corrected chi connectivity index (χ1v) is 8.22. The predicted octanol–water partition coefficient (Wildman–Crippen LogP) is 2.06. The van der Waals surface area contributed by atoms with E-state index in [4.69, 9.17) is 14.2 Å². The number of rotatable bonds is 2. The Labute approximate surface area is 140 Å². The van der Waals surface area contributed by atoms with Crippen molar-refractivity contribution in [1.82, 2.24) is 4.90 Å². The van der Waals surface area contributed by atoms with E-state index in [1.165, 1.54) is 0 Å². The number of hydrogen-bond acceptors (Lipinski definition) is 5. The highest BCUT2D eigenvalue weighted by Gasteiger charge is 2.64. The van der Waals surface area contributed by atoms with Crippen LogP contribution < -0.4 is 9.47 Å². The van der Waals surface area contributed by atoms with Crippen LogP contribution in [0.5, 0.6) is 11.5 Å². The van der Waals surface area contributed by atoms with Crippen LogP contribution in [0.25, 0.3) is 0 Å². The molecule has 2 heterocycles. The third-order valence-electron chi connectivity index (χ3n) is 6.02. The van der Waals surface area contributed by atoms with Crippen LogP contribution in [0.4, 0.5) is 0 Å². The molecule has 1 saturated heterocycles. The molecule has 0 N–H and O–H groups in total. The van der Waals surface area contributed by atoms with E-state index < -0.39 is 0 Å². The molecule has 1 fully saturated rings. The third-order valence-corrected chi connectivity index (χ3v) is 6.02. The average Bonchev–Trinajstić information content (AvgIpc) is 2.94. The van der Waals surface area contributed by atoms with Gasteiger partial charge in [-0.3, -0.25) is 9.69 Å². The maximum absolute atomic E-state index is 13.2. The lowest BCUT2D eigenvalue weighted by Crippen LogP contribution is -2.60. The van der Waals surface area contributed by atoms with E-state index in [0.29, 0.717) is 11.5 Å². The number of likely N-dealkylation sites (N-methyl/N-ethyl adjacent to an activating group) is 1. The fraction of sp³-hybridized carbons (Fsp3) is 0.421. The van der Waals surface area contributed by atoms with Crippen molar-refractivity contribution in [3.8, 4) is 11.5 Å². The molecule has 5 heteroatoms. The first-order chi connectivity index (χ1) is 11.6. The summed E-state index contributed by atoms with van der Waals surface area (Å²) in [6.45, 7) is 0.848. The second-order valence-corrected chi connectivity index (χ2v) is 6.88. The maximum Gasteiger partial charge on any atom is 0.184 e. The van der Waals surface area contributed by atoms with Crippen molar-refractivity contribution in [3.63, 3.8) is 0 Å². The van der Waals surface area contributed by atoms with Gasteiger partial charge in [-0.25, -0.2) is 0 Å². The van der Waals surface area contributed by atoms with Crippen LogP contribution in [-0.4, -0.2) is 50.6 Å². The highest BCUT2D eigenvalue weighted by atomic mass is 16.6. The van der Waals surface area contributed by atoms with Gasteiger partial charge >= 0.3 is 0 Å². The van der Waals surface area contributed by atoms with Crippen LogP contribution in [0.15, 0.2) is 35.6 Å². The topological polar surface area (TPSA) is 48.0 Å². The molecule has 5 rings (SSSR count). The molecular weight excluding hydrogens is 306 g/mol. The predicted molar refractivity (Wildman–Crippen MR) is 87.6 cm³/mol. The number of likely N-dealkylation sites (tertiary alicyclic amines) is 1. The van der Waals surface area contributed by atoms with Crippen molar-refractivity contribution in [3.05, 3.63) is 46.7 Å². The van der Waals surface area contributed by atoms with Gasteiger partial charge < -0.3 is 14.2 Å². The summed E-state index contributed by atoms with van der Waals surface area (Å²) in [5, 5.41) is 0. The minimum absolute atomic E-state index is 0.150. The zero-order valence-corrected chi connectivity index (χ0v) is 14.0. The minimum Gasteiger partial charge on any atom is -0.497 e. The molecule has 3 atom stereocenters. The van der Waals surface area contributed by atoms with Gasteiger partial charge in [-0.2, -0.15) is 0 Å². The number of piperidine rings is 1. The first kappa shape index (κ1) is 14.1. The molecule has 1 unspecified atom stereocenters. The van der Waals surface area contributed by atoms with E-state index in [2.05, 4.69) is 11.0 Å². The molecule has 1 aromatic rings. The van der Waals surface area contributed by atoms with Crippen molar-refractivity contribution in [2.75, 3.05) is 27.8 Å². The fourth-order valence-electron chi connectivity index (χ4n) is 4.96. The normalized spacial score (nSPS) is 32.5. The monoisotopic (exact) mass is 325 g/mol. The fourth-order valence-corrected chi connectivity index (χ4v) is 4.96. The molecule has 0 aromatic heterocycles. The maximum atomic E-state index is 13.2. The number of hydrogen-bond donors (Lipinski definition) is 0. The molecule has 0 saturated carbocycles. The van der Waals surface area contributed by atoms with E-state index in [1.54, 1.807) is 14.2 Å². The summed E-state index contributed by atoms with van der Waals surface area (Å²) in [6, 6.07) is 3.51. The van der Waals surface area contributed by atoms with E-state index in [-0.39, 0.29) is 23.3 Å². The molecule has 1 aromatic carbocycles. The summed E-state index contributed by atoms with van der Waals surface area (Å²) in [6.07, 6.45) is 4.68. The van der Waals surface area contributed by atoms with Gasteiger partial charge in [0.25, 0.3) is 0 Å². The van der Waals surface area contributed by atoms with Crippen molar-refractivity contribution in [2.45, 2.75) is 24.0 Å². The molecule has 4 aliphatic rings. The number of carbonyl (C=O) groups is 1. The van der Waals surface area contributed by atoms with Crippen molar-refractivity contribution < 1.29 is 19.0 Å². The number of nitrogens with zero attached hydrogens (tertiary/aromatic N) is 1. The number of methoxy groups -OCH3 is 2. The Balaban J connectivity index is 1.89. The van der Waals surface area contributed by atoms with Crippen molar-refractivity contribution in [2.24, 2.45) is 0 Å². The van der Waals surface area contributed by atoms with Crippen LogP contribution in [0, 0.1) is 0 Å². The van der Waals surface area contributed by atoms with E-state index in [0.717, 1.165) is 35.4 Å². The molecule has 2 aliphatic heterocycles. The lowest BCUT2D eigenvalue weighted by atomic mass is 9.57. The van der Waals surface area contributed by atoms with Crippen LogP contribution >= 0.6 is 0 Å². The molecule has 5 nitrogen and oxygen atoms in total. The smallest absolute Gasteiger partial charge is 0.184 e. The molecule has 124 valence electrons. The van der Waals surface area contributed by atoms with E-state index in [1.807, 2.05) is 25.3 Å². The van der Waals surface area contributed by atoms with E-state index >= 15 is 0 Å². The Hall–Kier alpha value is -2.27. The highest BCUT2D eigenvalue weighted by Crippen LogP contribution is 2.62. The molecule has 2 bridgehead atoms. The Morgan fingerprint density at radius 2 is 2.08 bits per heavy atom. The van der Waals surface area contributed by atoms with Gasteiger partial charge in [-0.15, -0.1) is 0 Å². The van der Waals surface area contributed by atoms with Crippen molar-refractivity contribution >= 4 is 5.78 Å². The Morgan fingerprint density at radius 3 is 2.83 bits per heavy atom. The molecule has 0 radical (unpaired) electrons. The summed E-state index contributed by atoms with van der Waals surface area (Å²) in [5.41, 5.74) is 2.57. The second-order valence-electron chi connectivity index (χ2n) is 6.88. The molecular formula is C19H19NO4. The number of Topliss-reactive ketones (excluding diaryl/α,β-unsaturated/α-hetero) is 1. The summed E-state index contributed by atoms with van der Waals surface area (Å²) >= 11 is 0. The summed E-state index contributed by atoms with van der Waals surface area (Å²) in [5.74, 6) is 2.33. The number of carbonyl (C=O) groups excluding carboxylic acids is 1.